The second-order valence-corrected chi connectivity index (χ2v) is 6.14. The zero-order valence-corrected chi connectivity index (χ0v) is 11.8. The third-order valence-corrected chi connectivity index (χ3v) is 4.98. The summed E-state index contributed by atoms with van der Waals surface area (Å²) in [6.07, 6.45) is 6.58. The van der Waals surface area contributed by atoms with Crippen LogP contribution in [0.4, 0.5) is 0 Å². The third kappa shape index (κ3) is 2.21. The lowest BCUT2D eigenvalue weighted by molar-refractivity contribution is 0.0720. The first-order chi connectivity index (χ1) is 9.90. The van der Waals surface area contributed by atoms with Crippen LogP contribution in [0.1, 0.15) is 18.4 Å². The van der Waals surface area contributed by atoms with Gasteiger partial charge in [-0.2, -0.15) is 0 Å². The van der Waals surface area contributed by atoms with E-state index in [0.717, 1.165) is 12.5 Å². The van der Waals surface area contributed by atoms with E-state index in [2.05, 4.69) is 39.5 Å². The predicted octanol–water partition coefficient (Wildman–Crippen LogP) is 2.42. The Balaban J connectivity index is 1.51. The van der Waals surface area contributed by atoms with Crippen molar-refractivity contribution in [1.29, 1.82) is 0 Å². The zero-order chi connectivity index (χ0) is 13.4. The van der Waals surface area contributed by atoms with Gasteiger partial charge in [-0.3, -0.25) is 4.98 Å². The standard InChI is InChI=1S/C17H21N3/c1-2-14-10-18-7-4-16(14)15(3-1)11-19-17-12-20-8-5-13(17)6-9-20/h1-4,7,10,13,17,19H,5-6,8-9,11-12H2. The highest BCUT2D eigenvalue weighted by atomic mass is 15.2. The minimum absolute atomic E-state index is 0.676. The zero-order valence-electron chi connectivity index (χ0n) is 11.8. The first kappa shape index (κ1) is 12.3. The molecular weight excluding hydrogens is 246 g/mol. The quantitative estimate of drug-likeness (QED) is 0.925. The predicted molar refractivity (Wildman–Crippen MR) is 81.5 cm³/mol. The number of fused-ring (bicyclic) bond motifs is 4. The molecule has 20 heavy (non-hydrogen) atoms. The first-order valence-corrected chi connectivity index (χ1v) is 7.67. The van der Waals surface area contributed by atoms with E-state index < -0.39 is 0 Å². The Kier molecular flexibility index (Phi) is 3.17. The summed E-state index contributed by atoms with van der Waals surface area (Å²) in [5.74, 6) is 0.886. The van der Waals surface area contributed by atoms with Crippen molar-refractivity contribution in [2.75, 3.05) is 19.6 Å². The van der Waals surface area contributed by atoms with Gasteiger partial charge in [0.05, 0.1) is 0 Å². The molecule has 3 saturated heterocycles. The van der Waals surface area contributed by atoms with E-state index in [0.29, 0.717) is 6.04 Å². The van der Waals surface area contributed by atoms with Gasteiger partial charge in [0.15, 0.2) is 0 Å². The van der Waals surface area contributed by atoms with Crippen LogP contribution in [0.15, 0.2) is 36.7 Å². The van der Waals surface area contributed by atoms with Crippen molar-refractivity contribution in [3.8, 4) is 0 Å². The molecule has 5 rings (SSSR count). The Bertz CT molecular complexity index is 597. The number of hydrogen-bond donors (Lipinski definition) is 1. The second-order valence-electron chi connectivity index (χ2n) is 6.14. The molecule has 3 fully saturated rings. The van der Waals surface area contributed by atoms with Crippen LogP contribution in [-0.2, 0) is 6.54 Å². The monoisotopic (exact) mass is 267 g/mol. The van der Waals surface area contributed by atoms with Crippen LogP contribution in [0.5, 0.6) is 0 Å². The summed E-state index contributed by atoms with van der Waals surface area (Å²) in [4.78, 5) is 6.81. The summed E-state index contributed by atoms with van der Waals surface area (Å²) in [7, 11) is 0. The fourth-order valence-corrected chi connectivity index (χ4v) is 3.78. The molecule has 3 heteroatoms. The summed E-state index contributed by atoms with van der Waals surface area (Å²) in [6, 6.07) is 9.31. The molecule has 4 heterocycles. The van der Waals surface area contributed by atoms with Gasteiger partial charge in [-0.15, -0.1) is 0 Å². The molecule has 0 radical (unpaired) electrons. The van der Waals surface area contributed by atoms with Gasteiger partial charge in [0.2, 0.25) is 0 Å². The van der Waals surface area contributed by atoms with Crippen molar-refractivity contribution < 1.29 is 0 Å². The molecule has 1 aromatic carbocycles. The first-order valence-electron chi connectivity index (χ1n) is 7.67. The number of aromatic nitrogens is 1. The molecule has 3 nitrogen and oxygen atoms in total. The highest BCUT2D eigenvalue weighted by Gasteiger charge is 2.33. The molecule has 0 amide bonds. The van der Waals surface area contributed by atoms with Gasteiger partial charge in [-0.1, -0.05) is 18.2 Å². The van der Waals surface area contributed by atoms with E-state index in [1.807, 2.05) is 12.4 Å². The molecule has 3 aliphatic rings. The van der Waals surface area contributed by atoms with Crippen LogP contribution in [0.25, 0.3) is 10.8 Å². The molecule has 1 atom stereocenters. The van der Waals surface area contributed by atoms with Gasteiger partial charge in [0.1, 0.15) is 0 Å². The van der Waals surface area contributed by atoms with Crippen LogP contribution in [0, 0.1) is 5.92 Å². The lowest BCUT2D eigenvalue weighted by Gasteiger charge is -2.45. The summed E-state index contributed by atoms with van der Waals surface area (Å²) >= 11 is 0. The number of rotatable bonds is 3. The molecule has 0 spiro atoms. The minimum Gasteiger partial charge on any atom is -0.308 e. The fourth-order valence-electron chi connectivity index (χ4n) is 3.78. The number of hydrogen-bond acceptors (Lipinski definition) is 3. The Morgan fingerprint density at radius 1 is 1.20 bits per heavy atom. The Hall–Kier alpha value is -1.45. The maximum Gasteiger partial charge on any atom is 0.0346 e. The summed E-state index contributed by atoms with van der Waals surface area (Å²) in [5, 5.41) is 6.37. The number of pyridine rings is 1. The number of nitrogens with one attached hydrogen (secondary N) is 1. The van der Waals surface area contributed by atoms with Gasteiger partial charge in [0.25, 0.3) is 0 Å². The maximum absolute atomic E-state index is 4.21. The molecule has 104 valence electrons. The Labute approximate surface area is 120 Å². The molecule has 2 bridgehead atoms. The van der Waals surface area contributed by atoms with E-state index in [1.54, 1.807) is 0 Å². The van der Waals surface area contributed by atoms with Crippen molar-refractivity contribution in [3.63, 3.8) is 0 Å². The molecule has 1 aromatic heterocycles. The van der Waals surface area contributed by atoms with Crippen LogP contribution in [-0.4, -0.2) is 35.6 Å². The highest BCUT2D eigenvalue weighted by Crippen LogP contribution is 2.28. The lowest BCUT2D eigenvalue weighted by Crippen LogP contribution is -2.55. The van der Waals surface area contributed by atoms with Gasteiger partial charge < -0.3 is 10.2 Å². The van der Waals surface area contributed by atoms with Gasteiger partial charge in [-0.05, 0) is 48.9 Å². The van der Waals surface area contributed by atoms with Gasteiger partial charge in [-0.25, -0.2) is 0 Å². The van der Waals surface area contributed by atoms with E-state index in [-0.39, 0.29) is 0 Å². The molecule has 0 aliphatic carbocycles. The number of piperidine rings is 3. The van der Waals surface area contributed by atoms with Crippen LogP contribution < -0.4 is 5.32 Å². The van der Waals surface area contributed by atoms with Crippen LogP contribution in [0.3, 0.4) is 0 Å². The van der Waals surface area contributed by atoms with Crippen molar-refractivity contribution in [3.05, 3.63) is 42.2 Å². The molecule has 1 N–H and O–H groups in total. The normalized spacial score (nSPS) is 28.9. The van der Waals surface area contributed by atoms with Gasteiger partial charge >= 0.3 is 0 Å². The van der Waals surface area contributed by atoms with Crippen molar-refractivity contribution >= 4 is 10.8 Å². The van der Waals surface area contributed by atoms with Crippen LogP contribution in [0.2, 0.25) is 0 Å². The summed E-state index contributed by atoms with van der Waals surface area (Å²) in [6.45, 7) is 4.82. The fraction of sp³-hybridized carbons (Fsp3) is 0.471. The molecule has 1 unspecified atom stereocenters. The highest BCUT2D eigenvalue weighted by molar-refractivity contribution is 5.84. The Morgan fingerprint density at radius 3 is 2.90 bits per heavy atom. The summed E-state index contributed by atoms with van der Waals surface area (Å²) < 4.78 is 0. The lowest BCUT2D eigenvalue weighted by atomic mass is 9.84. The molecule has 0 saturated carbocycles. The second kappa shape index (κ2) is 5.15. The topological polar surface area (TPSA) is 28.2 Å². The molecular formula is C17H21N3. The van der Waals surface area contributed by atoms with E-state index in [1.165, 1.54) is 48.8 Å². The largest absolute Gasteiger partial charge is 0.308 e. The van der Waals surface area contributed by atoms with Crippen molar-refractivity contribution in [2.45, 2.75) is 25.4 Å². The van der Waals surface area contributed by atoms with Crippen molar-refractivity contribution in [2.24, 2.45) is 5.92 Å². The van der Waals surface area contributed by atoms with Gasteiger partial charge in [0, 0.05) is 36.9 Å². The van der Waals surface area contributed by atoms with E-state index >= 15 is 0 Å². The average molecular weight is 267 g/mol. The van der Waals surface area contributed by atoms with Crippen LogP contribution >= 0.6 is 0 Å². The Morgan fingerprint density at radius 2 is 2.10 bits per heavy atom. The van der Waals surface area contributed by atoms with E-state index in [9.17, 15) is 0 Å². The summed E-state index contributed by atoms with van der Waals surface area (Å²) in [5.41, 5.74) is 1.39. The average Bonchev–Trinajstić information content (AvgIpc) is 2.54. The molecule has 2 aromatic rings. The number of nitrogens with zero attached hydrogens (tertiary/aromatic N) is 2. The van der Waals surface area contributed by atoms with E-state index in [4.69, 9.17) is 0 Å². The smallest absolute Gasteiger partial charge is 0.0346 e. The number of benzene rings is 1. The third-order valence-electron chi connectivity index (χ3n) is 4.98. The van der Waals surface area contributed by atoms with Crippen molar-refractivity contribution in [1.82, 2.24) is 15.2 Å². The maximum atomic E-state index is 4.21. The SMILES string of the molecule is c1cc(CNC2CN3CCC2CC3)c2ccncc2c1. The minimum atomic E-state index is 0.676. The molecule has 3 aliphatic heterocycles.